The van der Waals surface area contributed by atoms with E-state index in [1.54, 1.807) is 0 Å². The molecular weight excluding hydrogens is 280 g/mol. The largest absolute Gasteiger partial charge is 0.361 e. The van der Waals surface area contributed by atoms with Crippen molar-refractivity contribution in [1.29, 1.82) is 0 Å². The van der Waals surface area contributed by atoms with Crippen LogP contribution >= 0.6 is 0 Å². The maximum Gasteiger partial charge on any atom is 0.0457 e. The predicted octanol–water partition coefficient (Wildman–Crippen LogP) is 3.70. The summed E-state index contributed by atoms with van der Waals surface area (Å²) in [4.78, 5) is 7.25. The van der Waals surface area contributed by atoms with Crippen LogP contribution in [0.4, 0.5) is 0 Å². The zero-order valence-electron chi connectivity index (χ0n) is 13.5. The van der Waals surface area contributed by atoms with E-state index in [1.807, 2.05) is 0 Å². The first-order valence-corrected chi connectivity index (χ1v) is 8.78. The Bertz CT molecular complexity index is 998. The van der Waals surface area contributed by atoms with Crippen LogP contribution in [0.25, 0.3) is 23.1 Å². The number of benzene rings is 1. The highest BCUT2D eigenvalue weighted by Gasteiger charge is 2.36. The first-order chi connectivity index (χ1) is 11.3. The van der Waals surface area contributed by atoms with Crippen LogP contribution in [0.15, 0.2) is 30.5 Å². The number of fused-ring (bicyclic) bond motifs is 2. The zero-order chi connectivity index (χ0) is 15.4. The molecule has 116 valence electrons. The van der Waals surface area contributed by atoms with Crippen LogP contribution in [0.2, 0.25) is 0 Å². The number of aromatic amines is 2. The van der Waals surface area contributed by atoms with Gasteiger partial charge in [0.1, 0.15) is 0 Å². The van der Waals surface area contributed by atoms with Crippen LogP contribution in [0.3, 0.4) is 0 Å². The molecule has 2 heteroatoms. The maximum atomic E-state index is 3.78. The summed E-state index contributed by atoms with van der Waals surface area (Å²) in [6.07, 6.45) is 12.0. The second-order valence-corrected chi connectivity index (χ2v) is 7.08. The van der Waals surface area contributed by atoms with Crippen molar-refractivity contribution in [1.82, 2.24) is 9.97 Å². The molecule has 1 aromatic carbocycles. The van der Waals surface area contributed by atoms with Crippen LogP contribution < -0.4 is 10.6 Å². The van der Waals surface area contributed by atoms with Gasteiger partial charge in [-0.05, 0) is 60.9 Å². The number of aromatic nitrogens is 2. The second kappa shape index (κ2) is 4.89. The summed E-state index contributed by atoms with van der Waals surface area (Å²) in [6, 6.07) is 8.69. The molecule has 0 spiro atoms. The monoisotopic (exact) mass is 302 g/mol. The van der Waals surface area contributed by atoms with Crippen LogP contribution in [0, 0.1) is 12.8 Å². The van der Waals surface area contributed by atoms with E-state index in [9.17, 15) is 0 Å². The number of rotatable bonds is 3. The Hall–Kier alpha value is -2.22. The van der Waals surface area contributed by atoms with Gasteiger partial charge in [0.05, 0.1) is 0 Å². The van der Waals surface area contributed by atoms with Crippen molar-refractivity contribution in [2.45, 2.75) is 38.5 Å². The standard InChI is InChI=1S/C21H22N2/c1-13-15-6-2-5-9-19(15)23-21(13)20(14-10-11-14)17-12-22-18-8-4-3-7-16(17)18/h3-4,6-9,12,14,20,22-23H,2,5,10-11H2,1H3. The molecule has 2 nitrogen and oxygen atoms in total. The number of para-hydroxylation sites is 1. The van der Waals surface area contributed by atoms with Crippen molar-refractivity contribution < 1.29 is 0 Å². The van der Waals surface area contributed by atoms with Crippen LogP contribution in [-0.4, -0.2) is 9.97 Å². The summed E-state index contributed by atoms with van der Waals surface area (Å²) in [5, 5.41) is 4.16. The highest BCUT2D eigenvalue weighted by Crippen LogP contribution is 2.47. The molecule has 3 aromatic rings. The van der Waals surface area contributed by atoms with Gasteiger partial charge in [0.15, 0.2) is 0 Å². The van der Waals surface area contributed by atoms with E-state index < -0.39 is 0 Å². The predicted molar refractivity (Wildman–Crippen MR) is 95.8 cm³/mol. The lowest BCUT2D eigenvalue weighted by Crippen LogP contribution is -2.25. The molecule has 2 N–H and O–H groups in total. The molecule has 1 unspecified atom stereocenters. The minimum absolute atomic E-state index is 0.499. The van der Waals surface area contributed by atoms with Gasteiger partial charge in [-0.25, -0.2) is 0 Å². The second-order valence-electron chi connectivity index (χ2n) is 7.08. The number of nitrogens with one attached hydrogen (secondary N) is 2. The molecule has 2 aromatic heterocycles. The summed E-state index contributed by atoms with van der Waals surface area (Å²) in [6.45, 7) is 2.30. The van der Waals surface area contributed by atoms with E-state index in [2.05, 4.69) is 59.5 Å². The lowest BCUT2D eigenvalue weighted by molar-refractivity contribution is 0.686. The molecule has 5 rings (SSSR count). The molecule has 1 atom stereocenters. The first kappa shape index (κ1) is 13.2. The van der Waals surface area contributed by atoms with E-state index in [0.29, 0.717) is 5.92 Å². The van der Waals surface area contributed by atoms with Gasteiger partial charge in [0.25, 0.3) is 0 Å². The smallest absolute Gasteiger partial charge is 0.0457 e. The van der Waals surface area contributed by atoms with Gasteiger partial charge in [-0.3, -0.25) is 0 Å². The summed E-state index contributed by atoms with van der Waals surface area (Å²) in [7, 11) is 0. The van der Waals surface area contributed by atoms with Crippen LogP contribution in [0.1, 0.15) is 48.4 Å². The Balaban J connectivity index is 1.74. The quantitative estimate of drug-likeness (QED) is 0.739. The van der Waals surface area contributed by atoms with Crippen molar-refractivity contribution in [3.63, 3.8) is 0 Å². The minimum atomic E-state index is 0.499. The lowest BCUT2D eigenvalue weighted by Gasteiger charge is -2.16. The molecule has 2 aliphatic carbocycles. The van der Waals surface area contributed by atoms with E-state index >= 15 is 0 Å². The average molecular weight is 302 g/mol. The third-order valence-electron chi connectivity index (χ3n) is 5.59. The molecule has 0 saturated heterocycles. The molecule has 2 heterocycles. The van der Waals surface area contributed by atoms with Crippen molar-refractivity contribution >= 4 is 23.1 Å². The van der Waals surface area contributed by atoms with E-state index in [4.69, 9.17) is 0 Å². The fraction of sp³-hybridized carbons (Fsp3) is 0.333. The van der Waals surface area contributed by atoms with Crippen molar-refractivity contribution in [3.8, 4) is 0 Å². The Morgan fingerprint density at radius 3 is 2.74 bits per heavy atom. The Morgan fingerprint density at radius 2 is 1.91 bits per heavy atom. The van der Waals surface area contributed by atoms with Crippen molar-refractivity contribution in [2.75, 3.05) is 0 Å². The molecular formula is C21H22N2. The Kier molecular flexibility index (Phi) is 2.81. The van der Waals surface area contributed by atoms with Crippen LogP contribution in [-0.2, 0) is 0 Å². The molecule has 0 radical (unpaired) electrons. The maximum absolute atomic E-state index is 3.78. The molecule has 0 aliphatic heterocycles. The lowest BCUT2D eigenvalue weighted by atomic mass is 9.88. The third-order valence-corrected chi connectivity index (χ3v) is 5.59. The van der Waals surface area contributed by atoms with Crippen molar-refractivity contribution in [3.05, 3.63) is 57.9 Å². The highest BCUT2D eigenvalue weighted by molar-refractivity contribution is 5.84. The average Bonchev–Trinajstić information content (AvgIpc) is 3.25. The molecule has 1 fully saturated rings. The fourth-order valence-corrected chi connectivity index (χ4v) is 4.27. The van der Waals surface area contributed by atoms with E-state index in [0.717, 1.165) is 12.3 Å². The van der Waals surface area contributed by atoms with Crippen LogP contribution in [0.5, 0.6) is 0 Å². The van der Waals surface area contributed by atoms with E-state index in [1.165, 1.54) is 57.6 Å². The van der Waals surface area contributed by atoms with Crippen molar-refractivity contribution in [2.24, 2.45) is 5.92 Å². The van der Waals surface area contributed by atoms with Gasteiger partial charge >= 0.3 is 0 Å². The van der Waals surface area contributed by atoms with Gasteiger partial charge in [0, 0.05) is 34.1 Å². The molecule has 0 amide bonds. The molecule has 2 aliphatic rings. The highest BCUT2D eigenvalue weighted by atomic mass is 14.7. The summed E-state index contributed by atoms with van der Waals surface area (Å²) < 4.78 is 0. The number of hydrogen-bond donors (Lipinski definition) is 2. The topological polar surface area (TPSA) is 31.6 Å². The van der Waals surface area contributed by atoms with Gasteiger partial charge in [-0.15, -0.1) is 0 Å². The first-order valence-electron chi connectivity index (χ1n) is 8.78. The Morgan fingerprint density at radius 1 is 1.09 bits per heavy atom. The molecule has 1 saturated carbocycles. The fourth-order valence-electron chi connectivity index (χ4n) is 4.27. The SMILES string of the molecule is Cc1c(C(c2c[nH]c3ccccc23)C2CC2)[nH]c2c1=CCCC=2. The molecule has 0 bridgehead atoms. The van der Waals surface area contributed by atoms with Gasteiger partial charge in [-0.2, -0.15) is 0 Å². The summed E-state index contributed by atoms with van der Waals surface area (Å²) in [5.74, 6) is 1.28. The number of H-pyrrole nitrogens is 2. The third kappa shape index (κ3) is 2.01. The normalized spacial score (nSPS) is 18.3. The molecule has 23 heavy (non-hydrogen) atoms. The minimum Gasteiger partial charge on any atom is -0.361 e. The zero-order valence-corrected chi connectivity index (χ0v) is 13.5. The van der Waals surface area contributed by atoms with Gasteiger partial charge < -0.3 is 9.97 Å². The van der Waals surface area contributed by atoms with Gasteiger partial charge in [0.2, 0.25) is 0 Å². The summed E-state index contributed by atoms with van der Waals surface area (Å²) >= 11 is 0. The number of hydrogen-bond acceptors (Lipinski definition) is 0. The van der Waals surface area contributed by atoms with Gasteiger partial charge in [-0.1, -0.05) is 30.4 Å². The van der Waals surface area contributed by atoms with E-state index in [-0.39, 0.29) is 0 Å². The Labute approximate surface area is 135 Å². The summed E-state index contributed by atoms with van der Waals surface area (Å²) in [5.41, 5.74) is 5.61.